The van der Waals surface area contributed by atoms with E-state index in [0.717, 1.165) is 43.9 Å². The van der Waals surface area contributed by atoms with Gasteiger partial charge in [-0.05, 0) is 36.8 Å². The maximum atomic E-state index is 12.1. The summed E-state index contributed by atoms with van der Waals surface area (Å²) in [5.74, 6) is 0.169. The average molecular weight is 362 g/mol. The molecule has 0 bridgehead atoms. The van der Waals surface area contributed by atoms with Crippen LogP contribution >= 0.6 is 11.8 Å². The number of nitrogens with one attached hydrogen (secondary N) is 2. The number of benzene rings is 1. The first-order valence-corrected chi connectivity index (χ1v) is 9.82. The number of thioether (sulfide) groups is 1. The number of amides is 2. The van der Waals surface area contributed by atoms with E-state index in [4.69, 9.17) is 0 Å². The predicted octanol–water partition coefficient (Wildman–Crippen LogP) is 2.75. The Balaban J connectivity index is 1.53. The Morgan fingerprint density at radius 2 is 1.92 bits per heavy atom. The van der Waals surface area contributed by atoms with E-state index in [1.807, 2.05) is 12.1 Å². The van der Waals surface area contributed by atoms with E-state index < -0.39 is 0 Å². The molecule has 1 unspecified atom stereocenters. The Kier molecular flexibility index (Phi) is 7.98. The van der Waals surface area contributed by atoms with Crippen LogP contribution in [0, 0.1) is 0 Å². The zero-order chi connectivity index (χ0) is 18.1. The quantitative estimate of drug-likeness (QED) is 0.663. The highest BCUT2D eigenvalue weighted by Crippen LogP contribution is 2.30. The zero-order valence-electron chi connectivity index (χ0n) is 14.7. The van der Waals surface area contributed by atoms with Crippen LogP contribution in [0.15, 0.2) is 24.3 Å². The van der Waals surface area contributed by atoms with Gasteiger partial charge < -0.3 is 10.6 Å². The molecule has 2 rings (SSSR count). The van der Waals surface area contributed by atoms with E-state index in [0.29, 0.717) is 13.0 Å². The van der Waals surface area contributed by atoms with Crippen molar-refractivity contribution in [1.29, 1.82) is 0 Å². The Hall–Kier alpha value is -1.82. The van der Waals surface area contributed by atoms with Crippen LogP contribution in [0.1, 0.15) is 56.2 Å². The molecule has 1 aliphatic carbocycles. The van der Waals surface area contributed by atoms with Gasteiger partial charge in [-0.3, -0.25) is 14.4 Å². The SMILES string of the molecule is CC(=O)SCC(=O)NCCCCCC(=O)NC1CCc2ccccc21. The third-order valence-electron chi connectivity index (χ3n) is 4.28. The molecule has 0 saturated heterocycles. The lowest BCUT2D eigenvalue weighted by molar-refractivity contribution is -0.122. The molecule has 0 aliphatic heterocycles. The van der Waals surface area contributed by atoms with Gasteiger partial charge in [0.2, 0.25) is 11.8 Å². The zero-order valence-corrected chi connectivity index (χ0v) is 15.5. The normalized spacial score (nSPS) is 15.5. The fourth-order valence-electron chi connectivity index (χ4n) is 3.01. The van der Waals surface area contributed by atoms with Gasteiger partial charge >= 0.3 is 0 Å². The summed E-state index contributed by atoms with van der Waals surface area (Å²) in [6, 6.07) is 8.44. The highest BCUT2D eigenvalue weighted by molar-refractivity contribution is 8.14. The van der Waals surface area contributed by atoms with Gasteiger partial charge in [0.05, 0.1) is 11.8 Å². The molecule has 1 aliphatic rings. The molecule has 0 fully saturated rings. The number of carbonyl (C=O) groups is 3. The highest BCUT2D eigenvalue weighted by Gasteiger charge is 2.22. The Morgan fingerprint density at radius 3 is 2.72 bits per heavy atom. The Bertz CT molecular complexity index is 618. The molecule has 2 N–H and O–H groups in total. The third kappa shape index (κ3) is 6.90. The summed E-state index contributed by atoms with van der Waals surface area (Å²) in [5.41, 5.74) is 2.59. The van der Waals surface area contributed by atoms with Crippen LogP contribution < -0.4 is 10.6 Å². The fourth-order valence-corrected chi connectivity index (χ4v) is 3.44. The summed E-state index contributed by atoms with van der Waals surface area (Å²) >= 11 is 1.02. The van der Waals surface area contributed by atoms with Gasteiger partial charge in [0, 0.05) is 19.9 Å². The van der Waals surface area contributed by atoms with Gasteiger partial charge in [-0.15, -0.1) is 0 Å². The summed E-state index contributed by atoms with van der Waals surface area (Å²) in [7, 11) is 0. The molecule has 5 nitrogen and oxygen atoms in total. The molecule has 0 spiro atoms. The van der Waals surface area contributed by atoms with Crippen molar-refractivity contribution in [3.05, 3.63) is 35.4 Å². The second-order valence-electron chi connectivity index (χ2n) is 6.30. The molecule has 1 atom stereocenters. The van der Waals surface area contributed by atoms with Gasteiger partial charge in [-0.1, -0.05) is 42.4 Å². The van der Waals surface area contributed by atoms with Crippen LogP contribution in [0.2, 0.25) is 0 Å². The first-order valence-electron chi connectivity index (χ1n) is 8.83. The Labute approximate surface area is 153 Å². The van der Waals surface area contributed by atoms with Crippen molar-refractivity contribution in [3.8, 4) is 0 Å². The summed E-state index contributed by atoms with van der Waals surface area (Å²) in [6.45, 7) is 2.04. The largest absolute Gasteiger partial charge is 0.355 e. The van der Waals surface area contributed by atoms with Crippen LogP contribution in [0.25, 0.3) is 0 Å². The summed E-state index contributed by atoms with van der Waals surface area (Å²) in [6.07, 6.45) is 5.09. The molecule has 2 amide bonds. The van der Waals surface area contributed by atoms with Crippen molar-refractivity contribution in [2.75, 3.05) is 12.3 Å². The smallest absolute Gasteiger partial charge is 0.230 e. The molecule has 6 heteroatoms. The van der Waals surface area contributed by atoms with Gasteiger partial charge in [0.25, 0.3) is 0 Å². The topological polar surface area (TPSA) is 75.3 Å². The first kappa shape index (κ1) is 19.5. The van der Waals surface area contributed by atoms with Gasteiger partial charge in [0.1, 0.15) is 0 Å². The van der Waals surface area contributed by atoms with Crippen molar-refractivity contribution in [2.24, 2.45) is 0 Å². The van der Waals surface area contributed by atoms with Crippen molar-refractivity contribution in [3.63, 3.8) is 0 Å². The van der Waals surface area contributed by atoms with Gasteiger partial charge in [-0.2, -0.15) is 0 Å². The van der Waals surface area contributed by atoms with E-state index in [9.17, 15) is 14.4 Å². The second-order valence-corrected chi connectivity index (χ2v) is 7.45. The molecule has 1 aromatic carbocycles. The molecule has 25 heavy (non-hydrogen) atoms. The summed E-state index contributed by atoms with van der Waals surface area (Å²) in [5, 5.41) is 5.86. The molecule has 0 radical (unpaired) electrons. The number of hydrogen-bond donors (Lipinski definition) is 2. The molecule has 0 heterocycles. The molecule has 136 valence electrons. The van der Waals surface area contributed by atoms with Crippen molar-refractivity contribution >= 4 is 28.7 Å². The van der Waals surface area contributed by atoms with Gasteiger partial charge in [-0.25, -0.2) is 0 Å². The molecule has 1 aromatic rings. The van der Waals surface area contributed by atoms with Gasteiger partial charge in [0.15, 0.2) is 5.12 Å². The first-order chi connectivity index (χ1) is 12.1. The highest BCUT2D eigenvalue weighted by atomic mass is 32.2. The fraction of sp³-hybridized carbons (Fsp3) is 0.526. The number of aryl methyl sites for hydroxylation is 1. The van der Waals surface area contributed by atoms with Crippen molar-refractivity contribution in [2.45, 2.75) is 51.5 Å². The van der Waals surface area contributed by atoms with E-state index in [1.54, 1.807) is 0 Å². The molecule has 0 saturated carbocycles. The standard InChI is InChI=1S/C19H26N2O3S/c1-14(22)25-13-19(24)20-12-6-2-3-9-18(23)21-17-11-10-15-7-4-5-8-16(15)17/h4-5,7-8,17H,2-3,6,9-13H2,1H3,(H,20,24)(H,21,23). The predicted molar refractivity (Wildman–Crippen MR) is 100 cm³/mol. The van der Waals surface area contributed by atoms with Crippen molar-refractivity contribution < 1.29 is 14.4 Å². The lowest BCUT2D eigenvalue weighted by Gasteiger charge is -2.14. The lowest BCUT2D eigenvalue weighted by atomic mass is 10.1. The number of hydrogen-bond acceptors (Lipinski definition) is 4. The number of carbonyl (C=O) groups excluding carboxylic acids is 3. The minimum absolute atomic E-state index is 0.0500. The van der Waals surface area contributed by atoms with Crippen LogP contribution in [-0.2, 0) is 20.8 Å². The van der Waals surface area contributed by atoms with Crippen LogP contribution in [0.4, 0.5) is 0 Å². The molecular formula is C19H26N2O3S. The van der Waals surface area contributed by atoms with Crippen molar-refractivity contribution in [1.82, 2.24) is 10.6 Å². The minimum Gasteiger partial charge on any atom is -0.355 e. The van der Waals surface area contributed by atoms with Crippen LogP contribution in [-0.4, -0.2) is 29.2 Å². The summed E-state index contributed by atoms with van der Waals surface area (Å²) < 4.78 is 0. The number of fused-ring (bicyclic) bond motifs is 1. The van der Waals surface area contributed by atoms with E-state index in [-0.39, 0.29) is 28.7 Å². The number of unbranched alkanes of at least 4 members (excludes halogenated alkanes) is 2. The minimum atomic E-state index is -0.113. The Morgan fingerprint density at radius 1 is 1.12 bits per heavy atom. The van der Waals surface area contributed by atoms with Crippen LogP contribution in [0.3, 0.4) is 0 Å². The van der Waals surface area contributed by atoms with Crippen LogP contribution in [0.5, 0.6) is 0 Å². The maximum absolute atomic E-state index is 12.1. The average Bonchev–Trinajstić information content (AvgIpc) is 2.99. The summed E-state index contributed by atoms with van der Waals surface area (Å²) in [4.78, 5) is 34.3. The lowest BCUT2D eigenvalue weighted by Crippen LogP contribution is -2.27. The van der Waals surface area contributed by atoms with E-state index in [1.165, 1.54) is 18.1 Å². The number of rotatable bonds is 9. The third-order valence-corrected chi connectivity index (χ3v) is 5.09. The molecule has 0 aromatic heterocycles. The maximum Gasteiger partial charge on any atom is 0.230 e. The van der Waals surface area contributed by atoms with E-state index >= 15 is 0 Å². The molecular weight excluding hydrogens is 336 g/mol. The second kappa shape index (κ2) is 10.2. The van der Waals surface area contributed by atoms with E-state index in [2.05, 4.69) is 22.8 Å². The monoisotopic (exact) mass is 362 g/mol.